The molecular weight excluding hydrogens is 314 g/mol. The predicted molar refractivity (Wildman–Crippen MR) is 77.6 cm³/mol. The van der Waals surface area contributed by atoms with Crippen LogP contribution in [-0.2, 0) is 4.79 Å². The van der Waals surface area contributed by atoms with E-state index < -0.39 is 0 Å². The van der Waals surface area contributed by atoms with E-state index in [9.17, 15) is 4.79 Å². The molecule has 1 amide bonds. The van der Waals surface area contributed by atoms with E-state index in [1.807, 2.05) is 0 Å². The minimum absolute atomic E-state index is 0.0463. The van der Waals surface area contributed by atoms with E-state index in [1.165, 1.54) is 4.88 Å². The second-order valence-corrected chi connectivity index (χ2v) is 6.46. The predicted octanol–water partition coefficient (Wildman–Crippen LogP) is 1.72. The van der Waals surface area contributed by atoms with Crippen LogP contribution in [0.2, 0.25) is 0 Å². The van der Waals surface area contributed by atoms with Gasteiger partial charge in [0.1, 0.15) is 0 Å². The van der Waals surface area contributed by atoms with Gasteiger partial charge in [-0.05, 0) is 28.4 Å². The first-order valence-electron chi connectivity index (χ1n) is 6.05. The molecule has 1 saturated heterocycles. The highest BCUT2D eigenvalue weighted by Crippen LogP contribution is 2.31. The van der Waals surface area contributed by atoms with Crippen molar-refractivity contribution in [2.24, 2.45) is 5.73 Å². The van der Waals surface area contributed by atoms with Gasteiger partial charge in [-0.15, -0.1) is 11.3 Å². The lowest BCUT2D eigenvalue weighted by molar-refractivity contribution is -0.119. The third-order valence-corrected chi connectivity index (χ3v) is 5.00. The Morgan fingerprint density at radius 3 is 3.11 bits per heavy atom. The van der Waals surface area contributed by atoms with Gasteiger partial charge in [-0.25, -0.2) is 0 Å². The average Bonchev–Trinajstić information content (AvgIpc) is 2.89. The molecule has 1 fully saturated rings. The molecule has 1 aliphatic heterocycles. The normalized spacial score (nSPS) is 22.1. The Morgan fingerprint density at radius 2 is 2.56 bits per heavy atom. The number of hydrogen-bond donors (Lipinski definition) is 2. The van der Waals surface area contributed by atoms with Gasteiger partial charge in [0.15, 0.2) is 0 Å². The maximum atomic E-state index is 11.1. The summed E-state index contributed by atoms with van der Waals surface area (Å²) in [5, 5.41) is 5.06. The second-order valence-electron chi connectivity index (χ2n) is 4.60. The minimum Gasteiger partial charge on any atom is -0.352 e. The van der Waals surface area contributed by atoms with Gasteiger partial charge >= 0.3 is 0 Å². The van der Waals surface area contributed by atoms with Crippen LogP contribution in [0.4, 0.5) is 0 Å². The van der Waals surface area contributed by atoms with Crippen molar-refractivity contribution in [3.63, 3.8) is 0 Å². The zero-order valence-electron chi connectivity index (χ0n) is 10.4. The number of rotatable bonds is 4. The molecule has 2 heterocycles. The quantitative estimate of drug-likeness (QED) is 0.883. The molecule has 4 nitrogen and oxygen atoms in total. The fourth-order valence-electron chi connectivity index (χ4n) is 2.42. The highest BCUT2D eigenvalue weighted by Gasteiger charge is 2.29. The first kappa shape index (κ1) is 14.0. The molecule has 0 bridgehead atoms. The molecule has 18 heavy (non-hydrogen) atoms. The molecule has 6 heteroatoms. The standard InChI is InChI=1S/C12H18BrN3OS/c1-8(17)15-10-2-3-16(6-10)11(5-14)12-4-9(13)7-18-12/h4,7,10-11H,2-3,5-6,14H2,1H3,(H,15,17). The Balaban J connectivity index is 2.00. The van der Waals surface area contributed by atoms with Crippen molar-refractivity contribution in [3.05, 3.63) is 20.8 Å². The van der Waals surface area contributed by atoms with Gasteiger partial charge in [0.2, 0.25) is 5.91 Å². The van der Waals surface area contributed by atoms with Crippen LogP contribution in [0.15, 0.2) is 15.9 Å². The summed E-state index contributed by atoms with van der Waals surface area (Å²) in [7, 11) is 0. The topological polar surface area (TPSA) is 58.4 Å². The van der Waals surface area contributed by atoms with Crippen molar-refractivity contribution in [1.82, 2.24) is 10.2 Å². The Morgan fingerprint density at radius 1 is 1.78 bits per heavy atom. The zero-order chi connectivity index (χ0) is 13.1. The number of nitrogens with one attached hydrogen (secondary N) is 1. The Bertz CT molecular complexity index is 423. The molecule has 0 aliphatic carbocycles. The largest absolute Gasteiger partial charge is 0.352 e. The number of thiophene rings is 1. The fourth-order valence-corrected chi connectivity index (χ4v) is 4.02. The van der Waals surface area contributed by atoms with Crippen LogP contribution < -0.4 is 11.1 Å². The van der Waals surface area contributed by atoms with Crippen LogP contribution in [0, 0.1) is 0 Å². The number of likely N-dealkylation sites (tertiary alicyclic amines) is 1. The van der Waals surface area contributed by atoms with Crippen molar-refractivity contribution in [2.45, 2.75) is 25.4 Å². The van der Waals surface area contributed by atoms with Gasteiger partial charge in [-0.2, -0.15) is 0 Å². The highest BCUT2D eigenvalue weighted by atomic mass is 79.9. The monoisotopic (exact) mass is 331 g/mol. The molecule has 0 saturated carbocycles. The number of carbonyl (C=O) groups excluding carboxylic acids is 1. The molecule has 2 rings (SSSR count). The summed E-state index contributed by atoms with van der Waals surface area (Å²) in [6.07, 6.45) is 1.00. The van der Waals surface area contributed by atoms with Gasteiger partial charge in [-0.1, -0.05) is 0 Å². The minimum atomic E-state index is 0.0463. The molecule has 1 aromatic rings. The van der Waals surface area contributed by atoms with E-state index in [4.69, 9.17) is 5.73 Å². The molecule has 2 atom stereocenters. The van der Waals surface area contributed by atoms with Crippen LogP contribution in [0.5, 0.6) is 0 Å². The van der Waals surface area contributed by atoms with E-state index in [-0.39, 0.29) is 18.0 Å². The van der Waals surface area contributed by atoms with Gasteiger partial charge in [0, 0.05) is 47.3 Å². The molecule has 0 radical (unpaired) electrons. The second kappa shape index (κ2) is 6.14. The summed E-state index contributed by atoms with van der Waals surface area (Å²) < 4.78 is 1.11. The number of hydrogen-bond acceptors (Lipinski definition) is 4. The number of amides is 1. The molecule has 1 aromatic heterocycles. The van der Waals surface area contributed by atoms with E-state index in [1.54, 1.807) is 18.3 Å². The SMILES string of the molecule is CC(=O)NC1CCN(C(CN)c2cc(Br)cs2)C1. The maximum Gasteiger partial charge on any atom is 0.217 e. The summed E-state index contributed by atoms with van der Waals surface area (Å²) in [6, 6.07) is 2.66. The van der Waals surface area contributed by atoms with E-state index >= 15 is 0 Å². The van der Waals surface area contributed by atoms with Gasteiger partial charge in [-0.3, -0.25) is 9.69 Å². The van der Waals surface area contributed by atoms with E-state index in [0.717, 1.165) is 24.0 Å². The first-order chi connectivity index (χ1) is 8.60. The third-order valence-electron chi connectivity index (χ3n) is 3.21. The summed E-state index contributed by atoms with van der Waals surface area (Å²) in [5.41, 5.74) is 5.90. The Labute approximate surface area is 120 Å². The summed E-state index contributed by atoms with van der Waals surface area (Å²) in [6.45, 7) is 4.05. The van der Waals surface area contributed by atoms with E-state index in [0.29, 0.717) is 6.54 Å². The average molecular weight is 332 g/mol. The molecule has 2 unspecified atom stereocenters. The number of nitrogens with two attached hydrogens (primary N) is 1. The third kappa shape index (κ3) is 3.32. The number of nitrogens with zero attached hydrogens (tertiary/aromatic N) is 1. The van der Waals surface area contributed by atoms with Crippen molar-refractivity contribution in [3.8, 4) is 0 Å². The molecule has 1 aliphatic rings. The zero-order valence-corrected chi connectivity index (χ0v) is 12.8. The highest BCUT2D eigenvalue weighted by molar-refractivity contribution is 9.10. The Hall–Kier alpha value is -0.430. The number of carbonyl (C=O) groups is 1. The van der Waals surface area contributed by atoms with Crippen molar-refractivity contribution < 1.29 is 4.79 Å². The van der Waals surface area contributed by atoms with Gasteiger partial charge < -0.3 is 11.1 Å². The van der Waals surface area contributed by atoms with E-state index in [2.05, 4.69) is 37.6 Å². The van der Waals surface area contributed by atoms with Gasteiger partial charge in [0.05, 0.1) is 6.04 Å². The summed E-state index contributed by atoms with van der Waals surface area (Å²) in [4.78, 5) is 14.7. The summed E-state index contributed by atoms with van der Waals surface area (Å²) in [5.74, 6) is 0.0463. The van der Waals surface area contributed by atoms with Crippen LogP contribution in [0.3, 0.4) is 0 Å². The van der Waals surface area contributed by atoms with Crippen molar-refractivity contribution >= 4 is 33.2 Å². The van der Waals surface area contributed by atoms with Gasteiger partial charge in [0.25, 0.3) is 0 Å². The van der Waals surface area contributed by atoms with Crippen LogP contribution in [0.25, 0.3) is 0 Å². The molecule has 0 aromatic carbocycles. The van der Waals surface area contributed by atoms with Crippen molar-refractivity contribution in [2.75, 3.05) is 19.6 Å². The molecular formula is C12H18BrN3OS. The van der Waals surface area contributed by atoms with Crippen LogP contribution >= 0.6 is 27.3 Å². The molecule has 100 valence electrons. The summed E-state index contributed by atoms with van der Waals surface area (Å²) >= 11 is 5.21. The van der Waals surface area contributed by atoms with Crippen molar-refractivity contribution in [1.29, 1.82) is 0 Å². The molecule has 0 spiro atoms. The lowest BCUT2D eigenvalue weighted by atomic mass is 10.2. The fraction of sp³-hybridized carbons (Fsp3) is 0.583. The first-order valence-corrected chi connectivity index (χ1v) is 7.72. The number of halogens is 1. The van der Waals surface area contributed by atoms with Crippen LogP contribution in [0.1, 0.15) is 24.3 Å². The smallest absolute Gasteiger partial charge is 0.217 e. The van der Waals surface area contributed by atoms with Crippen LogP contribution in [-0.4, -0.2) is 36.5 Å². The lowest BCUT2D eigenvalue weighted by Crippen LogP contribution is -2.37. The lowest BCUT2D eigenvalue weighted by Gasteiger charge is -2.25. The Kier molecular flexibility index (Phi) is 4.77. The maximum absolute atomic E-state index is 11.1. The molecule has 3 N–H and O–H groups in total.